The summed E-state index contributed by atoms with van der Waals surface area (Å²) < 4.78 is 4.93. The largest absolute Gasteiger partial charge is 0.448 e. The smallest absolute Gasteiger partial charge is 0.428 e. The van der Waals surface area contributed by atoms with Crippen molar-refractivity contribution in [2.75, 3.05) is 13.2 Å². The molecule has 0 aliphatic heterocycles. The van der Waals surface area contributed by atoms with E-state index in [0.29, 0.717) is 13.2 Å². The number of unbranched alkanes of at least 4 members (excludes halogenated alkanes) is 4. The molecule has 0 unspecified atom stereocenters. The lowest BCUT2D eigenvalue weighted by atomic mass is 10.2. The highest BCUT2D eigenvalue weighted by atomic mass is 16.5. The van der Waals surface area contributed by atoms with Crippen molar-refractivity contribution in [1.29, 1.82) is 0 Å². The first-order valence-corrected chi connectivity index (χ1v) is 5.65. The van der Waals surface area contributed by atoms with Gasteiger partial charge in [-0.3, -0.25) is 0 Å². The maximum absolute atomic E-state index is 11.0. The quantitative estimate of drug-likeness (QED) is 0.565. The van der Waals surface area contributed by atoms with Gasteiger partial charge < -0.3 is 4.74 Å². The van der Waals surface area contributed by atoms with E-state index in [2.05, 4.69) is 19.2 Å². The molecule has 0 fully saturated rings. The van der Waals surface area contributed by atoms with Crippen molar-refractivity contribution in [1.82, 2.24) is 5.32 Å². The minimum atomic E-state index is -0.394. The summed E-state index contributed by atoms with van der Waals surface area (Å²) in [6.45, 7) is 5.36. The molecule has 14 heavy (non-hydrogen) atoms. The number of carbonyl (C=O) groups is 1. The molecule has 0 saturated heterocycles. The third-order valence-electron chi connectivity index (χ3n) is 1.98. The predicted octanol–water partition coefficient (Wildman–Crippen LogP) is 3.11. The molecule has 1 radical (unpaired) electrons. The Balaban J connectivity index is 3.10. The van der Waals surface area contributed by atoms with E-state index in [1.807, 2.05) is 0 Å². The first kappa shape index (κ1) is 13.3. The minimum absolute atomic E-state index is 0.394. The summed E-state index contributed by atoms with van der Waals surface area (Å²) >= 11 is 0. The van der Waals surface area contributed by atoms with Gasteiger partial charge in [0.1, 0.15) is 0 Å². The molecule has 0 N–H and O–H groups in total. The van der Waals surface area contributed by atoms with Crippen molar-refractivity contribution in [2.24, 2.45) is 0 Å². The fraction of sp³-hybridized carbons (Fsp3) is 0.909. The maximum atomic E-state index is 11.0. The van der Waals surface area contributed by atoms with Crippen LogP contribution >= 0.6 is 0 Å². The van der Waals surface area contributed by atoms with Crippen molar-refractivity contribution in [2.45, 2.75) is 52.4 Å². The maximum Gasteiger partial charge on any atom is 0.428 e. The Kier molecular flexibility index (Phi) is 9.81. The van der Waals surface area contributed by atoms with Crippen LogP contribution in [0, 0.1) is 0 Å². The molecule has 0 aliphatic rings. The number of hydrogen-bond donors (Lipinski definition) is 0. The average Bonchev–Trinajstić information content (AvgIpc) is 2.18. The molecule has 0 bridgehead atoms. The van der Waals surface area contributed by atoms with Gasteiger partial charge in [-0.15, -0.1) is 0 Å². The highest BCUT2D eigenvalue weighted by Gasteiger charge is 2.01. The fourth-order valence-corrected chi connectivity index (χ4v) is 1.06. The molecule has 3 nitrogen and oxygen atoms in total. The van der Waals surface area contributed by atoms with Crippen LogP contribution in [0.3, 0.4) is 0 Å². The zero-order chi connectivity index (χ0) is 10.6. The van der Waals surface area contributed by atoms with Crippen LogP contribution in [0.2, 0.25) is 0 Å². The number of nitrogens with zero attached hydrogens (tertiary/aromatic N) is 1. The zero-order valence-corrected chi connectivity index (χ0v) is 9.42. The SMILES string of the molecule is CCCCCCOC(=O)[N]CCCC. The Morgan fingerprint density at radius 3 is 2.43 bits per heavy atom. The summed E-state index contributed by atoms with van der Waals surface area (Å²) in [5, 5.41) is 3.77. The van der Waals surface area contributed by atoms with E-state index in [-0.39, 0.29) is 0 Å². The standard InChI is InChI=1S/C11H22NO2/c1-3-5-7-8-10-14-11(13)12-9-6-4-2/h3-10H2,1-2H3. The van der Waals surface area contributed by atoms with Gasteiger partial charge in [-0.25, -0.2) is 10.1 Å². The molecule has 0 atom stereocenters. The molecular formula is C11H22NO2. The summed E-state index contributed by atoms with van der Waals surface area (Å²) in [6, 6.07) is 0. The Hall–Kier alpha value is -0.730. The molecule has 0 aliphatic carbocycles. The fourth-order valence-electron chi connectivity index (χ4n) is 1.06. The molecule has 0 aromatic carbocycles. The molecular weight excluding hydrogens is 178 g/mol. The number of rotatable bonds is 8. The summed E-state index contributed by atoms with van der Waals surface area (Å²) in [6.07, 6.45) is 6.15. The summed E-state index contributed by atoms with van der Waals surface area (Å²) in [5.41, 5.74) is 0. The van der Waals surface area contributed by atoms with E-state index in [4.69, 9.17) is 4.74 Å². The minimum Gasteiger partial charge on any atom is -0.448 e. The van der Waals surface area contributed by atoms with Gasteiger partial charge in [-0.2, -0.15) is 0 Å². The molecule has 0 heterocycles. The summed E-state index contributed by atoms with van der Waals surface area (Å²) in [5.74, 6) is 0. The molecule has 0 aromatic heterocycles. The van der Waals surface area contributed by atoms with Crippen molar-refractivity contribution in [3.63, 3.8) is 0 Å². The van der Waals surface area contributed by atoms with Gasteiger partial charge in [0.15, 0.2) is 0 Å². The van der Waals surface area contributed by atoms with E-state index in [0.717, 1.165) is 25.7 Å². The van der Waals surface area contributed by atoms with Gasteiger partial charge >= 0.3 is 6.09 Å². The Bertz CT molecular complexity index is 137. The molecule has 83 valence electrons. The van der Waals surface area contributed by atoms with Crippen molar-refractivity contribution in [3.05, 3.63) is 0 Å². The van der Waals surface area contributed by atoms with Crippen LogP contribution in [0.5, 0.6) is 0 Å². The summed E-state index contributed by atoms with van der Waals surface area (Å²) in [7, 11) is 0. The normalized spacial score (nSPS) is 9.86. The van der Waals surface area contributed by atoms with Crippen LogP contribution in [0.1, 0.15) is 52.4 Å². The van der Waals surface area contributed by atoms with Crippen LogP contribution in [0.15, 0.2) is 0 Å². The van der Waals surface area contributed by atoms with Crippen molar-refractivity contribution >= 4 is 6.09 Å². The number of hydrogen-bond acceptors (Lipinski definition) is 2. The number of carbonyl (C=O) groups excluding carboxylic acids is 1. The molecule has 0 spiro atoms. The number of ether oxygens (including phenoxy) is 1. The molecule has 1 amide bonds. The van der Waals surface area contributed by atoms with Gasteiger partial charge in [0.25, 0.3) is 0 Å². The highest BCUT2D eigenvalue weighted by molar-refractivity contribution is 5.66. The Morgan fingerprint density at radius 1 is 1.07 bits per heavy atom. The summed E-state index contributed by atoms with van der Waals surface area (Å²) in [4.78, 5) is 11.0. The Labute approximate surface area is 87.2 Å². The topological polar surface area (TPSA) is 40.4 Å². The van der Waals surface area contributed by atoms with E-state index in [1.165, 1.54) is 12.8 Å². The van der Waals surface area contributed by atoms with Crippen LogP contribution in [-0.2, 0) is 4.74 Å². The molecule has 3 heteroatoms. The van der Waals surface area contributed by atoms with E-state index in [9.17, 15) is 4.79 Å². The first-order valence-electron chi connectivity index (χ1n) is 5.65. The number of amides is 1. The molecule has 0 aromatic rings. The van der Waals surface area contributed by atoms with E-state index < -0.39 is 6.09 Å². The third-order valence-corrected chi connectivity index (χ3v) is 1.98. The highest BCUT2D eigenvalue weighted by Crippen LogP contribution is 1.99. The Morgan fingerprint density at radius 2 is 1.79 bits per heavy atom. The van der Waals surface area contributed by atoms with Gasteiger partial charge in [-0.1, -0.05) is 39.5 Å². The second-order valence-electron chi connectivity index (χ2n) is 3.41. The molecule has 0 saturated carbocycles. The second-order valence-corrected chi connectivity index (χ2v) is 3.41. The van der Waals surface area contributed by atoms with Crippen LogP contribution < -0.4 is 5.32 Å². The average molecular weight is 200 g/mol. The van der Waals surface area contributed by atoms with E-state index in [1.54, 1.807) is 0 Å². The van der Waals surface area contributed by atoms with Gasteiger partial charge in [0, 0.05) is 6.54 Å². The lowest BCUT2D eigenvalue weighted by Gasteiger charge is -2.03. The van der Waals surface area contributed by atoms with Crippen LogP contribution in [0.4, 0.5) is 4.79 Å². The zero-order valence-electron chi connectivity index (χ0n) is 9.42. The lowest BCUT2D eigenvalue weighted by molar-refractivity contribution is 0.142. The second kappa shape index (κ2) is 10.4. The third kappa shape index (κ3) is 9.36. The predicted molar refractivity (Wildman–Crippen MR) is 57.4 cm³/mol. The lowest BCUT2D eigenvalue weighted by Crippen LogP contribution is -2.18. The monoisotopic (exact) mass is 200 g/mol. The van der Waals surface area contributed by atoms with Gasteiger partial charge in [0.2, 0.25) is 0 Å². The van der Waals surface area contributed by atoms with E-state index >= 15 is 0 Å². The van der Waals surface area contributed by atoms with Crippen molar-refractivity contribution in [3.8, 4) is 0 Å². The molecule has 0 rings (SSSR count). The van der Waals surface area contributed by atoms with Crippen LogP contribution in [0.25, 0.3) is 0 Å². The van der Waals surface area contributed by atoms with Gasteiger partial charge in [-0.05, 0) is 12.8 Å². The van der Waals surface area contributed by atoms with Gasteiger partial charge in [0.05, 0.1) is 6.61 Å². The first-order chi connectivity index (χ1) is 6.81. The van der Waals surface area contributed by atoms with Crippen molar-refractivity contribution < 1.29 is 9.53 Å². The van der Waals surface area contributed by atoms with Crippen LogP contribution in [-0.4, -0.2) is 19.2 Å².